The molecule has 1 aromatic rings. The minimum atomic E-state index is 0.0421. The summed E-state index contributed by atoms with van der Waals surface area (Å²) in [6, 6.07) is 6.01. The number of hydrogen-bond acceptors (Lipinski definition) is 2. The number of amides is 1. The minimum absolute atomic E-state index is 0.0421. The van der Waals surface area contributed by atoms with Gasteiger partial charge in [0.05, 0.1) is 7.11 Å². The molecule has 0 saturated heterocycles. The Balaban J connectivity index is 1.72. The first kappa shape index (κ1) is 14.2. The van der Waals surface area contributed by atoms with Crippen LogP contribution in [0.15, 0.2) is 30.9 Å². The van der Waals surface area contributed by atoms with E-state index >= 15 is 0 Å². The molecule has 3 rings (SSSR count). The van der Waals surface area contributed by atoms with Crippen molar-refractivity contribution in [3.8, 4) is 5.75 Å². The third kappa shape index (κ3) is 2.82. The molecule has 0 unspecified atom stereocenters. The highest BCUT2D eigenvalue weighted by molar-refractivity contribution is 5.94. The summed E-state index contributed by atoms with van der Waals surface area (Å²) in [5.41, 5.74) is 1.73. The summed E-state index contributed by atoms with van der Waals surface area (Å²) in [7, 11) is 1.65. The number of benzene rings is 1. The van der Waals surface area contributed by atoms with Gasteiger partial charge in [-0.15, -0.1) is 6.58 Å². The number of methoxy groups -OCH3 is 1. The third-order valence-electron chi connectivity index (χ3n) is 4.96. The van der Waals surface area contributed by atoms with Gasteiger partial charge in [-0.2, -0.15) is 0 Å². The number of ether oxygens (including phenoxy) is 1. The average Bonchev–Trinajstić information content (AvgIpc) is 3.10. The predicted octanol–water partition coefficient (Wildman–Crippen LogP) is 3.34. The van der Waals surface area contributed by atoms with E-state index in [1.54, 1.807) is 7.11 Å². The van der Waals surface area contributed by atoms with Crippen LogP contribution in [0.4, 0.5) is 0 Å². The molecule has 3 heteroatoms. The van der Waals surface area contributed by atoms with E-state index in [9.17, 15) is 4.79 Å². The molecule has 1 N–H and O–H groups in total. The van der Waals surface area contributed by atoms with Gasteiger partial charge in [0, 0.05) is 11.6 Å². The van der Waals surface area contributed by atoms with Gasteiger partial charge >= 0.3 is 0 Å². The van der Waals surface area contributed by atoms with Crippen molar-refractivity contribution in [3.63, 3.8) is 0 Å². The van der Waals surface area contributed by atoms with Gasteiger partial charge in [-0.1, -0.05) is 12.5 Å². The Morgan fingerprint density at radius 2 is 2.29 bits per heavy atom. The number of hydrogen-bond donors (Lipinski definition) is 1. The van der Waals surface area contributed by atoms with E-state index in [-0.39, 0.29) is 5.91 Å². The Morgan fingerprint density at radius 1 is 1.43 bits per heavy atom. The fraction of sp³-hybridized carbons (Fsp3) is 0.500. The second-order valence-corrected chi connectivity index (χ2v) is 6.27. The zero-order valence-corrected chi connectivity index (χ0v) is 12.6. The summed E-state index contributed by atoms with van der Waals surface area (Å²) >= 11 is 0. The molecule has 1 amide bonds. The van der Waals surface area contributed by atoms with Gasteiger partial charge in [-0.25, -0.2) is 0 Å². The van der Waals surface area contributed by atoms with Crippen LogP contribution in [0.5, 0.6) is 5.75 Å². The summed E-state index contributed by atoms with van der Waals surface area (Å²) in [6.07, 6.45) is 7.62. The van der Waals surface area contributed by atoms with Gasteiger partial charge in [-0.3, -0.25) is 4.79 Å². The lowest BCUT2D eigenvalue weighted by molar-refractivity contribution is 0.0923. The first-order valence-corrected chi connectivity index (χ1v) is 7.80. The predicted molar refractivity (Wildman–Crippen MR) is 83.6 cm³/mol. The van der Waals surface area contributed by atoms with Gasteiger partial charge in [0.1, 0.15) is 5.75 Å². The highest BCUT2D eigenvalue weighted by Crippen LogP contribution is 2.44. The van der Waals surface area contributed by atoms with E-state index in [0.29, 0.717) is 18.4 Å². The van der Waals surface area contributed by atoms with E-state index in [1.165, 1.54) is 19.3 Å². The molecule has 0 spiro atoms. The maximum atomic E-state index is 12.5. The van der Waals surface area contributed by atoms with Crippen LogP contribution in [-0.2, 0) is 6.42 Å². The van der Waals surface area contributed by atoms with Gasteiger partial charge in [0.2, 0.25) is 0 Å². The minimum Gasteiger partial charge on any atom is -0.496 e. The molecular weight excluding hydrogens is 262 g/mol. The largest absolute Gasteiger partial charge is 0.496 e. The topological polar surface area (TPSA) is 38.3 Å². The fourth-order valence-electron chi connectivity index (χ4n) is 3.91. The maximum Gasteiger partial charge on any atom is 0.251 e. The Kier molecular flexibility index (Phi) is 4.00. The quantitative estimate of drug-likeness (QED) is 0.843. The summed E-state index contributed by atoms with van der Waals surface area (Å²) in [6.45, 7) is 3.76. The Labute approximate surface area is 126 Å². The van der Waals surface area contributed by atoms with Crippen LogP contribution in [0.25, 0.3) is 0 Å². The smallest absolute Gasteiger partial charge is 0.251 e. The number of carbonyl (C=O) groups is 1. The van der Waals surface area contributed by atoms with Gasteiger partial charge < -0.3 is 10.1 Å². The summed E-state index contributed by atoms with van der Waals surface area (Å²) in [5.74, 6) is 2.39. The molecule has 2 aliphatic rings. The molecule has 21 heavy (non-hydrogen) atoms. The van der Waals surface area contributed by atoms with E-state index in [0.717, 1.165) is 29.2 Å². The summed E-state index contributed by atoms with van der Waals surface area (Å²) in [4.78, 5) is 12.5. The molecule has 2 bridgehead atoms. The molecule has 0 heterocycles. The molecule has 0 aliphatic heterocycles. The van der Waals surface area contributed by atoms with Crippen molar-refractivity contribution in [2.24, 2.45) is 11.8 Å². The molecule has 3 atom stereocenters. The van der Waals surface area contributed by atoms with Crippen LogP contribution < -0.4 is 10.1 Å². The SMILES string of the molecule is C=CCc1cc(C(=O)N[C@H]2C[C@H]3CC[C@@H]2C3)ccc1OC. The summed E-state index contributed by atoms with van der Waals surface area (Å²) in [5, 5.41) is 3.23. The zero-order valence-electron chi connectivity index (χ0n) is 12.6. The van der Waals surface area contributed by atoms with Crippen molar-refractivity contribution in [3.05, 3.63) is 42.0 Å². The molecule has 1 aromatic carbocycles. The number of allylic oxidation sites excluding steroid dienone is 1. The van der Waals surface area contributed by atoms with E-state index in [1.807, 2.05) is 24.3 Å². The highest BCUT2D eigenvalue weighted by atomic mass is 16.5. The average molecular weight is 285 g/mol. The lowest BCUT2D eigenvalue weighted by Crippen LogP contribution is -2.38. The number of fused-ring (bicyclic) bond motifs is 2. The second-order valence-electron chi connectivity index (χ2n) is 6.27. The monoisotopic (exact) mass is 285 g/mol. The molecule has 112 valence electrons. The zero-order chi connectivity index (χ0) is 14.8. The lowest BCUT2D eigenvalue weighted by atomic mass is 9.95. The first-order valence-electron chi connectivity index (χ1n) is 7.80. The standard InChI is InChI=1S/C18H23NO2/c1-3-4-14-11-15(7-8-17(14)21-2)18(20)19-16-10-12-5-6-13(16)9-12/h3,7-8,11-13,16H,1,4-6,9-10H2,2H3,(H,19,20)/t12-,13+,16-/m0/s1. The fourth-order valence-corrected chi connectivity index (χ4v) is 3.91. The van der Waals surface area contributed by atoms with Crippen LogP contribution >= 0.6 is 0 Å². The lowest BCUT2D eigenvalue weighted by Gasteiger charge is -2.23. The van der Waals surface area contributed by atoms with Crippen LogP contribution in [0.2, 0.25) is 0 Å². The molecular formula is C18H23NO2. The second kappa shape index (κ2) is 5.92. The van der Waals surface area contributed by atoms with Gasteiger partial charge in [0.25, 0.3) is 5.91 Å². The van der Waals surface area contributed by atoms with Crippen LogP contribution in [0, 0.1) is 11.8 Å². The normalized spacial score (nSPS) is 26.6. The van der Waals surface area contributed by atoms with E-state index < -0.39 is 0 Å². The first-order chi connectivity index (χ1) is 10.2. The van der Waals surface area contributed by atoms with Crippen LogP contribution in [-0.4, -0.2) is 19.1 Å². The Morgan fingerprint density at radius 3 is 2.90 bits per heavy atom. The Bertz CT molecular complexity index is 552. The van der Waals surface area contributed by atoms with E-state index in [4.69, 9.17) is 4.74 Å². The van der Waals surface area contributed by atoms with Gasteiger partial charge in [-0.05, 0) is 61.3 Å². The number of nitrogens with one attached hydrogen (secondary N) is 1. The third-order valence-corrected chi connectivity index (χ3v) is 4.96. The van der Waals surface area contributed by atoms with Crippen molar-refractivity contribution >= 4 is 5.91 Å². The molecule has 2 saturated carbocycles. The van der Waals surface area contributed by atoms with Gasteiger partial charge in [0.15, 0.2) is 0 Å². The van der Waals surface area contributed by atoms with Crippen molar-refractivity contribution in [1.82, 2.24) is 5.32 Å². The van der Waals surface area contributed by atoms with Crippen LogP contribution in [0.1, 0.15) is 41.6 Å². The number of carbonyl (C=O) groups excluding carboxylic acids is 1. The Hall–Kier alpha value is -1.77. The molecule has 2 aliphatic carbocycles. The molecule has 0 aromatic heterocycles. The van der Waals surface area contributed by atoms with Crippen molar-refractivity contribution in [1.29, 1.82) is 0 Å². The van der Waals surface area contributed by atoms with Crippen molar-refractivity contribution in [2.75, 3.05) is 7.11 Å². The summed E-state index contributed by atoms with van der Waals surface area (Å²) < 4.78 is 5.33. The molecule has 0 radical (unpaired) electrons. The van der Waals surface area contributed by atoms with Crippen LogP contribution in [0.3, 0.4) is 0 Å². The molecule has 2 fully saturated rings. The highest BCUT2D eigenvalue weighted by Gasteiger charge is 2.40. The van der Waals surface area contributed by atoms with Crippen molar-refractivity contribution in [2.45, 2.75) is 38.1 Å². The number of rotatable bonds is 5. The van der Waals surface area contributed by atoms with E-state index in [2.05, 4.69) is 11.9 Å². The maximum absolute atomic E-state index is 12.5. The molecule has 3 nitrogen and oxygen atoms in total. The van der Waals surface area contributed by atoms with Crippen molar-refractivity contribution < 1.29 is 9.53 Å².